The predicted molar refractivity (Wildman–Crippen MR) is 74.6 cm³/mol. The second-order valence-corrected chi connectivity index (χ2v) is 4.01. The molecule has 2 aromatic carbocycles. The number of hydrogen-bond donors (Lipinski definition) is 0. The molecule has 0 amide bonds. The van der Waals surface area contributed by atoms with Crippen LogP contribution in [0.5, 0.6) is 0 Å². The molecule has 0 saturated carbocycles. The van der Waals surface area contributed by atoms with Crippen LogP contribution in [0.4, 0.5) is 4.53 Å². The zero-order valence-corrected chi connectivity index (χ0v) is 10.3. The van der Waals surface area contributed by atoms with Gasteiger partial charge in [-0.15, -0.1) is 6.58 Å². The predicted octanol–water partition coefficient (Wildman–Crippen LogP) is 4.12. The van der Waals surface area contributed by atoms with Crippen molar-refractivity contribution in [3.8, 4) is 0 Å². The molecule has 0 spiro atoms. The normalized spacial score (nSPS) is 11.9. The van der Waals surface area contributed by atoms with Gasteiger partial charge in [0.25, 0.3) is 0 Å². The van der Waals surface area contributed by atoms with Crippen LogP contribution >= 0.6 is 0 Å². The van der Waals surface area contributed by atoms with Crippen molar-refractivity contribution in [1.82, 2.24) is 0 Å². The van der Waals surface area contributed by atoms with Gasteiger partial charge in [-0.25, -0.2) is 0 Å². The lowest BCUT2D eigenvalue weighted by atomic mass is 9.92. The van der Waals surface area contributed by atoms with E-state index in [1.54, 1.807) is 6.08 Å². The molecule has 0 N–H and O–H groups in total. The van der Waals surface area contributed by atoms with Gasteiger partial charge in [0.1, 0.15) is 6.61 Å². The molecule has 2 nitrogen and oxygen atoms in total. The van der Waals surface area contributed by atoms with Crippen molar-refractivity contribution in [3.63, 3.8) is 0 Å². The Morgan fingerprint density at radius 1 is 1.16 bits per heavy atom. The zero-order chi connectivity index (χ0) is 13.7. The zero-order valence-electron chi connectivity index (χ0n) is 10.3. The number of halogens is 1. The quantitative estimate of drug-likeness (QED) is 0.755. The fraction of sp³-hybridized carbons (Fsp3) is 0.0625. The molecule has 19 heavy (non-hydrogen) atoms. The van der Waals surface area contributed by atoms with Crippen molar-refractivity contribution in [2.24, 2.45) is 0 Å². The summed E-state index contributed by atoms with van der Waals surface area (Å²) < 4.78 is 10.4. The molecule has 0 bridgehead atoms. The minimum atomic E-state index is -0.0139. The minimum absolute atomic E-state index is 0.0139. The monoisotopic (exact) mass is 256 g/mol. The molecule has 0 unspecified atom stereocenters. The summed E-state index contributed by atoms with van der Waals surface area (Å²) in [5.74, 6) is 0.106. The molecule has 3 heteroatoms. The topological polar surface area (TPSA) is 26.3 Å². The lowest BCUT2D eigenvalue weighted by Gasteiger charge is -2.10. The van der Waals surface area contributed by atoms with Gasteiger partial charge in [-0.1, -0.05) is 48.6 Å². The van der Waals surface area contributed by atoms with E-state index in [0.29, 0.717) is 0 Å². The van der Waals surface area contributed by atoms with Crippen LogP contribution in [0.25, 0.3) is 16.8 Å². The Labute approximate surface area is 110 Å². The summed E-state index contributed by atoms with van der Waals surface area (Å²) in [6, 6.07) is 11.9. The molecule has 2 aromatic rings. The Morgan fingerprint density at radius 2 is 1.89 bits per heavy atom. The van der Waals surface area contributed by atoms with E-state index in [0.717, 1.165) is 21.9 Å². The van der Waals surface area contributed by atoms with Crippen LogP contribution in [0.2, 0.25) is 0 Å². The molecular weight excluding hydrogens is 243 g/mol. The largest absolute Gasteiger partial charge is 0.289 e. The van der Waals surface area contributed by atoms with E-state index in [2.05, 4.69) is 11.5 Å². The Morgan fingerprint density at radius 3 is 2.53 bits per heavy atom. The van der Waals surface area contributed by atoms with Gasteiger partial charge in [-0.3, -0.25) is 4.79 Å². The number of rotatable bonds is 2. The summed E-state index contributed by atoms with van der Waals surface area (Å²) in [6.45, 7) is 3.17. The SMILES string of the molecule is C=CCOF.O=C1C=Cc2cccc3cccc1c23. The van der Waals surface area contributed by atoms with Gasteiger partial charge < -0.3 is 0 Å². The first-order valence-corrected chi connectivity index (χ1v) is 5.86. The van der Waals surface area contributed by atoms with Crippen LogP contribution in [0.1, 0.15) is 15.9 Å². The molecule has 0 fully saturated rings. The molecule has 0 aliphatic heterocycles. The molecule has 1 aliphatic rings. The number of carbonyl (C=O) groups excluding carboxylic acids is 1. The maximum atomic E-state index is 11.6. The minimum Gasteiger partial charge on any atom is -0.289 e. The molecule has 0 radical (unpaired) electrons. The van der Waals surface area contributed by atoms with E-state index < -0.39 is 0 Å². The first-order chi connectivity index (χ1) is 9.27. The van der Waals surface area contributed by atoms with E-state index in [1.165, 1.54) is 6.08 Å². The van der Waals surface area contributed by atoms with Crippen molar-refractivity contribution in [3.05, 3.63) is 66.3 Å². The summed E-state index contributed by atoms with van der Waals surface area (Å²) in [5, 5.41) is 2.22. The molecule has 3 rings (SSSR count). The highest BCUT2D eigenvalue weighted by Crippen LogP contribution is 2.27. The number of allylic oxidation sites excluding steroid dienone is 1. The van der Waals surface area contributed by atoms with Crippen molar-refractivity contribution in [2.75, 3.05) is 6.61 Å². The van der Waals surface area contributed by atoms with Gasteiger partial charge >= 0.3 is 0 Å². The van der Waals surface area contributed by atoms with Crippen molar-refractivity contribution in [2.45, 2.75) is 0 Å². The first kappa shape index (κ1) is 13.2. The summed E-state index contributed by atoms with van der Waals surface area (Å²) in [4.78, 5) is 14.7. The lowest BCUT2D eigenvalue weighted by Crippen LogP contribution is -2.00. The van der Waals surface area contributed by atoms with Crippen LogP contribution in [-0.4, -0.2) is 12.4 Å². The maximum absolute atomic E-state index is 11.6. The highest BCUT2D eigenvalue weighted by molar-refractivity contribution is 6.19. The van der Waals surface area contributed by atoms with E-state index >= 15 is 0 Å². The van der Waals surface area contributed by atoms with Crippen LogP contribution in [-0.2, 0) is 4.94 Å². The third-order valence-electron chi connectivity index (χ3n) is 2.80. The Bertz CT molecular complexity index is 639. The maximum Gasteiger partial charge on any atom is 0.186 e. The standard InChI is InChI=1S/C13H8O.C3H5FO/c14-12-8-7-10-4-1-3-9-5-2-6-11(12)13(9)10;1-2-3-5-4/h1-8H;2H,1,3H2. The van der Waals surface area contributed by atoms with Crippen LogP contribution in [0.15, 0.2) is 55.1 Å². The van der Waals surface area contributed by atoms with Gasteiger partial charge in [-0.2, -0.15) is 4.94 Å². The fourth-order valence-corrected chi connectivity index (χ4v) is 2.01. The van der Waals surface area contributed by atoms with Gasteiger partial charge in [-0.05, 0) is 21.6 Å². The van der Waals surface area contributed by atoms with Gasteiger partial charge in [0, 0.05) is 10.9 Å². The van der Waals surface area contributed by atoms with Crippen LogP contribution < -0.4 is 0 Å². The Hall–Kier alpha value is -2.26. The average Bonchev–Trinajstić information content (AvgIpc) is 2.45. The highest BCUT2D eigenvalue weighted by atomic mass is 19.3. The van der Waals surface area contributed by atoms with Crippen LogP contribution in [0, 0.1) is 0 Å². The summed E-state index contributed by atoms with van der Waals surface area (Å²) in [7, 11) is 0. The number of ketones is 1. The Balaban J connectivity index is 0.000000232. The summed E-state index contributed by atoms with van der Waals surface area (Å²) >= 11 is 0. The van der Waals surface area contributed by atoms with Crippen molar-refractivity contribution >= 4 is 22.6 Å². The number of hydrogen-bond acceptors (Lipinski definition) is 2. The van der Waals surface area contributed by atoms with Gasteiger partial charge in [0.05, 0.1) is 0 Å². The van der Waals surface area contributed by atoms with E-state index in [1.807, 2.05) is 42.5 Å². The lowest BCUT2D eigenvalue weighted by molar-refractivity contribution is -0.117. The fourth-order valence-electron chi connectivity index (χ4n) is 2.01. The first-order valence-electron chi connectivity index (χ1n) is 5.86. The summed E-state index contributed by atoms with van der Waals surface area (Å²) in [6.07, 6.45) is 4.86. The van der Waals surface area contributed by atoms with Gasteiger partial charge in [0.15, 0.2) is 5.78 Å². The van der Waals surface area contributed by atoms with E-state index in [9.17, 15) is 9.32 Å². The van der Waals surface area contributed by atoms with Crippen LogP contribution in [0.3, 0.4) is 0 Å². The molecule has 0 saturated heterocycles. The molecule has 1 aliphatic carbocycles. The smallest absolute Gasteiger partial charge is 0.186 e. The molecule has 96 valence electrons. The van der Waals surface area contributed by atoms with E-state index in [-0.39, 0.29) is 12.4 Å². The second-order valence-electron chi connectivity index (χ2n) is 4.01. The molecule has 0 atom stereocenters. The van der Waals surface area contributed by atoms with Crippen molar-refractivity contribution < 1.29 is 14.3 Å². The van der Waals surface area contributed by atoms with Crippen molar-refractivity contribution in [1.29, 1.82) is 0 Å². The van der Waals surface area contributed by atoms with Gasteiger partial charge in [0.2, 0.25) is 0 Å². The van der Waals surface area contributed by atoms with E-state index in [4.69, 9.17) is 0 Å². The molecular formula is C16H13FO2. The highest BCUT2D eigenvalue weighted by Gasteiger charge is 2.13. The molecule has 0 heterocycles. The second kappa shape index (κ2) is 6.07. The Kier molecular flexibility index (Phi) is 4.21. The third-order valence-corrected chi connectivity index (χ3v) is 2.80. The third kappa shape index (κ3) is 2.77. The average molecular weight is 256 g/mol. The molecule has 0 aromatic heterocycles. The number of carbonyl (C=O) groups is 1. The number of benzene rings is 2. The summed E-state index contributed by atoms with van der Waals surface area (Å²) in [5.41, 5.74) is 1.96.